The average molecular weight is 220 g/mol. The molecule has 0 aliphatic heterocycles. The van der Waals surface area contributed by atoms with Crippen molar-refractivity contribution in [2.24, 2.45) is 16.6 Å². The second-order valence-electron chi connectivity index (χ2n) is 4.27. The van der Waals surface area contributed by atoms with E-state index in [1.807, 2.05) is 27.7 Å². The third kappa shape index (κ3) is 0.657. The first-order valence-electron chi connectivity index (χ1n) is 3.68. The molecule has 1 rings (SSSR count). The molecule has 0 aromatic rings. The molecule has 3 heteroatoms. The Bertz CT molecular complexity index is 206. The van der Waals surface area contributed by atoms with Gasteiger partial charge in [-0.1, -0.05) is 43.6 Å². The van der Waals surface area contributed by atoms with Crippen LogP contribution in [0.15, 0.2) is 0 Å². The minimum Gasteiger partial charge on any atom is -0.368 e. The molecule has 0 aromatic heterocycles. The number of halogens is 1. The number of hydrogen-bond donors (Lipinski definition) is 1. The number of carbonyl (C=O) groups is 1. The Kier molecular flexibility index (Phi) is 1.49. The van der Waals surface area contributed by atoms with Crippen LogP contribution >= 0.6 is 15.9 Å². The van der Waals surface area contributed by atoms with Gasteiger partial charge in [-0.2, -0.15) is 0 Å². The predicted octanol–water partition coefficient (Wildman–Crippen LogP) is 1.67. The highest BCUT2D eigenvalue weighted by molar-refractivity contribution is 9.10. The first-order valence-corrected chi connectivity index (χ1v) is 4.47. The van der Waals surface area contributed by atoms with Crippen LogP contribution in [0.25, 0.3) is 0 Å². The summed E-state index contributed by atoms with van der Waals surface area (Å²) < 4.78 is -0.507. The molecule has 0 atom stereocenters. The van der Waals surface area contributed by atoms with Gasteiger partial charge in [0.05, 0.1) is 0 Å². The van der Waals surface area contributed by atoms with E-state index >= 15 is 0 Å². The number of rotatable bonds is 1. The van der Waals surface area contributed by atoms with Crippen LogP contribution < -0.4 is 5.73 Å². The molecular weight excluding hydrogens is 206 g/mol. The molecular formula is C8H14BrNO. The highest BCUT2D eigenvalue weighted by atomic mass is 79.9. The zero-order valence-corrected chi connectivity index (χ0v) is 8.95. The molecule has 0 saturated heterocycles. The maximum Gasteiger partial charge on any atom is 0.235 e. The van der Waals surface area contributed by atoms with Gasteiger partial charge in [0.15, 0.2) is 0 Å². The molecule has 1 fully saturated rings. The normalized spacial score (nSPS) is 29.5. The second kappa shape index (κ2) is 1.82. The smallest absolute Gasteiger partial charge is 0.235 e. The van der Waals surface area contributed by atoms with Gasteiger partial charge in [-0.25, -0.2) is 0 Å². The standard InChI is InChI=1S/C8H14BrNO/c1-6(2)7(3,4)8(6,9)5(10)11/h1-4H3,(H2,10,11). The van der Waals surface area contributed by atoms with Crippen molar-refractivity contribution in [2.75, 3.05) is 0 Å². The Morgan fingerprint density at radius 3 is 1.45 bits per heavy atom. The summed E-state index contributed by atoms with van der Waals surface area (Å²) in [5.41, 5.74) is 5.23. The van der Waals surface area contributed by atoms with E-state index in [1.165, 1.54) is 0 Å². The first kappa shape index (κ1) is 9.04. The lowest BCUT2D eigenvalue weighted by Crippen LogP contribution is -2.31. The van der Waals surface area contributed by atoms with E-state index in [1.54, 1.807) is 0 Å². The third-order valence-corrected chi connectivity index (χ3v) is 5.94. The SMILES string of the molecule is CC1(C)C(C)(C)C1(Br)C(N)=O. The fourth-order valence-electron chi connectivity index (χ4n) is 1.86. The number of primary amides is 1. The van der Waals surface area contributed by atoms with E-state index < -0.39 is 4.32 Å². The molecule has 0 heterocycles. The van der Waals surface area contributed by atoms with Gasteiger partial charge in [0.1, 0.15) is 4.32 Å². The first-order chi connectivity index (χ1) is 4.69. The molecule has 1 saturated carbocycles. The molecule has 2 nitrogen and oxygen atoms in total. The van der Waals surface area contributed by atoms with E-state index in [4.69, 9.17) is 5.73 Å². The summed E-state index contributed by atoms with van der Waals surface area (Å²) in [6, 6.07) is 0. The maximum absolute atomic E-state index is 11.1. The van der Waals surface area contributed by atoms with Crippen LogP contribution in [0.4, 0.5) is 0 Å². The van der Waals surface area contributed by atoms with Gasteiger partial charge in [0.25, 0.3) is 0 Å². The lowest BCUT2D eigenvalue weighted by molar-refractivity contribution is -0.118. The molecule has 0 unspecified atom stereocenters. The summed E-state index contributed by atoms with van der Waals surface area (Å²) in [7, 11) is 0. The fourth-order valence-corrected chi connectivity index (χ4v) is 2.75. The van der Waals surface area contributed by atoms with Crippen molar-refractivity contribution in [3.8, 4) is 0 Å². The average Bonchev–Trinajstić information content (AvgIpc) is 2.11. The minimum atomic E-state index is -0.507. The van der Waals surface area contributed by atoms with Gasteiger partial charge in [-0.15, -0.1) is 0 Å². The van der Waals surface area contributed by atoms with Crippen molar-refractivity contribution >= 4 is 21.8 Å². The molecule has 1 aliphatic carbocycles. The van der Waals surface area contributed by atoms with Crippen molar-refractivity contribution in [1.29, 1.82) is 0 Å². The molecule has 0 aromatic carbocycles. The molecule has 1 amide bonds. The fraction of sp³-hybridized carbons (Fsp3) is 0.875. The van der Waals surface area contributed by atoms with Crippen molar-refractivity contribution in [3.05, 3.63) is 0 Å². The number of hydrogen-bond acceptors (Lipinski definition) is 1. The summed E-state index contributed by atoms with van der Waals surface area (Å²) in [6.07, 6.45) is 0. The molecule has 0 radical (unpaired) electrons. The van der Waals surface area contributed by atoms with Crippen molar-refractivity contribution in [2.45, 2.75) is 32.0 Å². The number of amides is 1. The van der Waals surface area contributed by atoms with Crippen LogP contribution in [-0.4, -0.2) is 10.2 Å². The highest BCUT2D eigenvalue weighted by Gasteiger charge is 2.79. The van der Waals surface area contributed by atoms with Crippen LogP contribution in [0.2, 0.25) is 0 Å². The summed E-state index contributed by atoms with van der Waals surface area (Å²) in [6.45, 7) is 8.19. The van der Waals surface area contributed by atoms with E-state index in [0.717, 1.165) is 0 Å². The molecule has 11 heavy (non-hydrogen) atoms. The van der Waals surface area contributed by atoms with E-state index in [9.17, 15) is 4.79 Å². The Labute approximate surface area is 75.7 Å². The zero-order chi connectivity index (χ0) is 9.08. The lowest BCUT2D eigenvalue weighted by Gasteiger charge is -2.06. The highest BCUT2D eigenvalue weighted by Crippen LogP contribution is 2.75. The monoisotopic (exact) mass is 219 g/mol. The largest absolute Gasteiger partial charge is 0.368 e. The lowest BCUT2D eigenvalue weighted by atomic mass is 10.0. The molecule has 0 bridgehead atoms. The number of carbonyl (C=O) groups excluding carboxylic acids is 1. The quantitative estimate of drug-likeness (QED) is 0.671. The van der Waals surface area contributed by atoms with Crippen LogP contribution in [0.3, 0.4) is 0 Å². The van der Waals surface area contributed by atoms with Crippen molar-refractivity contribution in [1.82, 2.24) is 0 Å². The van der Waals surface area contributed by atoms with Crippen molar-refractivity contribution in [3.63, 3.8) is 0 Å². The summed E-state index contributed by atoms with van der Waals surface area (Å²) >= 11 is 3.42. The summed E-state index contributed by atoms with van der Waals surface area (Å²) in [5.74, 6) is -0.257. The van der Waals surface area contributed by atoms with Crippen molar-refractivity contribution < 1.29 is 4.79 Å². The van der Waals surface area contributed by atoms with Gasteiger partial charge in [-0.05, 0) is 10.8 Å². The Morgan fingerprint density at radius 2 is 1.45 bits per heavy atom. The number of nitrogens with two attached hydrogens (primary N) is 1. The Morgan fingerprint density at radius 1 is 1.18 bits per heavy atom. The topological polar surface area (TPSA) is 43.1 Å². The minimum absolute atomic E-state index is 0.0359. The second-order valence-corrected chi connectivity index (χ2v) is 5.46. The van der Waals surface area contributed by atoms with Gasteiger partial charge in [-0.3, -0.25) is 4.79 Å². The van der Waals surface area contributed by atoms with Crippen LogP contribution in [-0.2, 0) is 4.79 Å². The predicted molar refractivity (Wildman–Crippen MR) is 48.4 cm³/mol. The molecule has 1 aliphatic rings. The molecule has 2 N–H and O–H groups in total. The summed E-state index contributed by atoms with van der Waals surface area (Å²) in [4.78, 5) is 11.1. The number of alkyl halides is 1. The van der Waals surface area contributed by atoms with Gasteiger partial charge >= 0.3 is 0 Å². The Hall–Kier alpha value is -0.0500. The van der Waals surface area contributed by atoms with Crippen LogP contribution in [0, 0.1) is 10.8 Å². The van der Waals surface area contributed by atoms with Gasteiger partial charge in [0, 0.05) is 0 Å². The Balaban J connectivity index is 3.06. The van der Waals surface area contributed by atoms with Gasteiger partial charge in [0.2, 0.25) is 5.91 Å². The zero-order valence-electron chi connectivity index (χ0n) is 7.36. The van der Waals surface area contributed by atoms with Gasteiger partial charge < -0.3 is 5.73 Å². The van der Waals surface area contributed by atoms with E-state index in [2.05, 4.69) is 15.9 Å². The van der Waals surface area contributed by atoms with E-state index in [-0.39, 0.29) is 16.7 Å². The molecule has 0 spiro atoms. The molecule has 64 valence electrons. The summed E-state index contributed by atoms with van der Waals surface area (Å²) in [5, 5.41) is 0. The van der Waals surface area contributed by atoms with Crippen LogP contribution in [0.5, 0.6) is 0 Å². The van der Waals surface area contributed by atoms with Crippen LogP contribution in [0.1, 0.15) is 27.7 Å². The third-order valence-electron chi connectivity index (χ3n) is 3.56. The van der Waals surface area contributed by atoms with E-state index in [0.29, 0.717) is 0 Å². The maximum atomic E-state index is 11.1.